The zero-order chi connectivity index (χ0) is 10.5. The quantitative estimate of drug-likeness (QED) is 0.544. The minimum absolute atomic E-state index is 0.696. The Balaban J connectivity index is 2.28. The average Bonchev–Trinajstić information content (AvgIpc) is 2.31. The molecule has 0 amide bonds. The Hall–Kier alpha value is -1.96. The zero-order valence-electron chi connectivity index (χ0n) is 8.34. The van der Waals surface area contributed by atoms with Crippen LogP contribution in [0.15, 0.2) is 54.7 Å². The van der Waals surface area contributed by atoms with Crippen LogP contribution in [0, 0.1) is 0 Å². The Bertz CT molecular complexity index is 451. The molecule has 1 heterocycles. The average molecular weight is 198 g/mol. The first-order valence-corrected chi connectivity index (χ1v) is 4.88. The van der Waals surface area contributed by atoms with Crippen molar-refractivity contribution < 1.29 is 9.36 Å². The van der Waals surface area contributed by atoms with E-state index >= 15 is 0 Å². The van der Waals surface area contributed by atoms with Gasteiger partial charge in [0.05, 0.1) is 0 Å². The summed E-state index contributed by atoms with van der Waals surface area (Å²) in [5.74, 6) is 0. The summed E-state index contributed by atoms with van der Waals surface area (Å²) in [5, 5.41) is 0. The minimum atomic E-state index is 0.696. The fraction of sp³-hybridized carbons (Fsp3) is 0.0769. The van der Waals surface area contributed by atoms with Gasteiger partial charge in [0.1, 0.15) is 0 Å². The van der Waals surface area contributed by atoms with Crippen LogP contribution in [0.3, 0.4) is 0 Å². The highest BCUT2D eigenvalue weighted by Crippen LogP contribution is 1.98. The molecule has 0 aliphatic carbocycles. The fourth-order valence-corrected chi connectivity index (χ4v) is 1.52. The molecule has 0 spiro atoms. The molecule has 2 heteroatoms. The largest absolute Gasteiger partial charge is 0.291 e. The molecule has 15 heavy (non-hydrogen) atoms. The molecule has 74 valence electrons. The second-order valence-corrected chi connectivity index (χ2v) is 3.36. The van der Waals surface area contributed by atoms with Gasteiger partial charge in [-0.25, -0.2) is 0 Å². The van der Waals surface area contributed by atoms with Gasteiger partial charge >= 0.3 is 0 Å². The molecule has 0 aliphatic heterocycles. The Labute approximate surface area is 88.8 Å². The Kier molecular flexibility index (Phi) is 2.88. The Morgan fingerprint density at radius 2 is 1.73 bits per heavy atom. The smallest absolute Gasteiger partial charge is 0.245 e. The standard InChI is InChI=1S/C13H12NO/c15-11-13-8-4-5-9-14(13)10-12-6-2-1-3-7-12/h1-9,11H,10H2/q+1. The van der Waals surface area contributed by atoms with Crippen LogP contribution in [0.5, 0.6) is 0 Å². The SMILES string of the molecule is O=Cc1cccc[n+]1Cc1ccccc1. The summed E-state index contributed by atoms with van der Waals surface area (Å²) in [6, 6.07) is 15.7. The molecule has 0 radical (unpaired) electrons. The van der Waals surface area contributed by atoms with Crippen LogP contribution >= 0.6 is 0 Å². The van der Waals surface area contributed by atoms with E-state index in [1.807, 2.05) is 47.2 Å². The molecule has 0 aliphatic rings. The second kappa shape index (κ2) is 4.51. The van der Waals surface area contributed by atoms with Crippen LogP contribution in [0.1, 0.15) is 16.1 Å². The predicted octanol–water partition coefficient (Wildman–Crippen LogP) is 1.83. The molecular weight excluding hydrogens is 186 g/mol. The topological polar surface area (TPSA) is 20.9 Å². The van der Waals surface area contributed by atoms with E-state index in [1.54, 1.807) is 0 Å². The number of pyridine rings is 1. The first kappa shape index (κ1) is 9.59. The van der Waals surface area contributed by atoms with E-state index in [9.17, 15) is 4.79 Å². The van der Waals surface area contributed by atoms with Gasteiger partial charge in [-0.2, -0.15) is 4.57 Å². The van der Waals surface area contributed by atoms with Crippen LogP contribution in [0.25, 0.3) is 0 Å². The molecule has 1 aromatic heterocycles. The third-order valence-corrected chi connectivity index (χ3v) is 2.29. The number of hydrogen-bond acceptors (Lipinski definition) is 1. The monoisotopic (exact) mass is 198 g/mol. The van der Waals surface area contributed by atoms with Crippen molar-refractivity contribution in [3.8, 4) is 0 Å². The maximum Gasteiger partial charge on any atom is 0.245 e. The molecule has 2 nitrogen and oxygen atoms in total. The molecule has 0 atom stereocenters. The first-order valence-electron chi connectivity index (χ1n) is 4.88. The Morgan fingerprint density at radius 1 is 1.00 bits per heavy atom. The van der Waals surface area contributed by atoms with E-state index in [0.29, 0.717) is 5.69 Å². The number of nitrogens with zero attached hydrogens (tertiary/aromatic N) is 1. The number of carbonyl (C=O) groups is 1. The van der Waals surface area contributed by atoms with E-state index < -0.39 is 0 Å². The lowest BCUT2D eigenvalue weighted by atomic mass is 10.2. The van der Waals surface area contributed by atoms with Crippen molar-refractivity contribution in [3.63, 3.8) is 0 Å². The van der Waals surface area contributed by atoms with E-state index in [1.165, 1.54) is 5.56 Å². The maximum atomic E-state index is 10.8. The maximum absolute atomic E-state index is 10.8. The van der Waals surface area contributed by atoms with Crippen molar-refractivity contribution in [2.75, 3.05) is 0 Å². The molecule has 1 aromatic carbocycles. The number of rotatable bonds is 3. The van der Waals surface area contributed by atoms with Gasteiger partial charge < -0.3 is 0 Å². The minimum Gasteiger partial charge on any atom is -0.291 e. The highest BCUT2D eigenvalue weighted by Gasteiger charge is 2.07. The molecule has 2 aromatic rings. The van der Waals surface area contributed by atoms with Crippen molar-refractivity contribution in [1.82, 2.24) is 0 Å². The summed E-state index contributed by atoms with van der Waals surface area (Å²) in [7, 11) is 0. The molecule has 0 N–H and O–H groups in total. The number of hydrogen-bond donors (Lipinski definition) is 0. The van der Waals surface area contributed by atoms with Crippen LogP contribution in [-0.4, -0.2) is 6.29 Å². The lowest BCUT2D eigenvalue weighted by Crippen LogP contribution is -2.38. The summed E-state index contributed by atoms with van der Waals surface area (Å²) in [5.41, 5.74) is 1.89. The summed E-state index contributed by atoms with van der Waals surface area (Å²) >= 11 is 0. The van der Waals surface area contributed by atoms with E-state index in [4.69, 9.17) is 0 Å². The van der Waals surface area contributed by atoms with Gasteiger partial charge in [-0.05, 0) is 6.07 Å². The van der Waals surface area contributed by atoms with Gasteiger partial charge in [0.2, 0.25) is 12.0 Å². The summed E-state index contributed by atoms with van der Waals surface area (Å²) < 4.78 is 1.93. The summed E-state index contributed by atoms with van der Waals surface area (Å²) in [6.45, 7) is 0.732. The third kappa shape index (κ3) is 2.29. The number of aldehydes is 1. The third-order valence-electron chi connectivity index (χ3n) is 2.29. The second-order valence-electron chi connectivity index (χ2n) is 3.36. The molecule has 0 bridgehead atoms. The van der Waals surface area contributed by atoms with Gasteiger partial charge in [-0.1, -0.05) is 30.3 Å². The van der Waals surface area contributed by atoms with Crippen LogP contribution in [0.4, 0.5) is 0 Å². The number of aromatic nitrogens is 1. The van der Waals surface area contributed by atoms with Gasteiger partial charge in [-0.3, -0.25) is 4.79 Å². The van der Waals surface area contributed by atoms with Gasteiger partial charge in [0.25, 0.3) is 0 Å². The Morgan fingerprint density at radius 3 is 2.47 bits per heavy atom. The summed E-state index contributed by atoms with van der Waals surface area (Å²) in [4.78, 5) is 10.8. The lowest BCUT2D eigenvalue weighted by Gasteiger charge is -1.98. The van der Waals surface area contributed by atoms with Crippen molar-refractivity contribution in [2.24, 2.45) is 0 Å². The van der Waals surface area contributed by atoms with E-state index in [2.05, 4.69) is 12.1 Å². The molecular formula is C13H12NO+. The fourth-order valence-electron chi connectivity index (χ4n) is 1.52. The van der Waals surface area contributed by atoms with Crippen LogP contribution < -0.4 is 4.57 Å². The molecule has 0 fully saturated rings. The van der Waals surface area contributed by atoms with Crippen molar-refractivity contribution in [1.29, 1.82) is 0 Å². The predicted molar refractivity (Wildman–Crippen MR) is 57.6 cm³/mol. The van der Waals surface area contributed by atoms with Crippen molar-refractivity contribution in [3.05, 3.63) is 66.0 Å². The van der Waals surface area contributed by atoms with Crippen LogP contribution in [0.2, 0.25) is 0 Å². The summed E-state index contributed by atoms with van der Waals surface area (Å²) in [6.07, 6.45) is 2.79. The highest BCUT2D eigenvalue weighted by molar-refractivity contribution is 5.69. The molecule has 0 unspecified atom stereocenters. The van der Waals surface area contributed by atoms with E-state index in [-0.39, 0.29) is 0 Å². The normalized spacial score (nSPS) is 9.87. The molecule has 0 saturated carbocycles. The zero-order valence-corrected chi connectivity index (χ0v) is 8.34. The van der Waals surface area contributed by atoms with Crippen molar-refractivity contribution in [2.45, 2.75) is 6.54 Å². The molecule has 0 saturated heterocycles. The van der Waals surface area contributed by atoms with Gasteiger partial charge in [0.15, 0.2) is 12.7 Å². The van der Waals surface area contributed by atoms with Crippen LogP contribution in [-0.2, 0) is 6.54 Å². The lowest BCUT2D eigenvalue weighted by molar-refractivity contribution is -0.689. The van der Waals surface area contributed by atoms with Gasteiger partial charge in [-0.15, -0.1) is 0 Å². The first-order chi connectivity index (χ1) is 7.40. The number of carbonyl (C=O) groups excluding carboxylic acids is 1. The van der Waals surface area contributed by atoms with Gasteiger partial charge in [0, 0.05) is 17.7 Å². The molecule has 2 rings (SSSR count). The number of benzene rings is 1. The highest BCUT2D eigenvalue weighted by atomic mass is 16.1. The van der Waals surface area contributed by atoms with E-state index in [0.717, 1.165) is 12.8 Å². The van der Waals surface area contributed by atoms with Crippen molar-refractivity contribution >= 4 is 6.29 Å².